The molecule has 0 aliphatic carbocycles. The molecule has 1 amide bonds. The van der Waals surface area contributed by atoms with Crippen LogP contribution in [0, 0.1) is 0 Å². The molecular formula is C11H23N3O. The average Bonchev–Trinajstić information content (AvgIpc) is 2.47. The third-order valence-electron chi connectivity index (χ3n) is 2.54. The van der Waals surface area contributed by atoms with Gasteiger partial charge in [-0.1, -0.05) is 0 Å². The Balaban J connectivity index is 2.19. The molecule has 1 aliphatic rings. The molecular weight excluding hydrogens is 190 g/mol. The molecule has 88 valence electrons. The maximum atomic E-state index is 11.6. The highest BCUT2D eigenvalue weighted by Gasteiger charge is 2.21. The summed E-state index contributed by atoms with van der Waals surface area (Å²) in [6.07, 6.45) is 1.07. The minimum atomic E-state index is 0.00378. The fourth-order valence-electron chi connectivity index (χ4n) is 1.68. The minimum Gasteiger partial charge on any atom is -0.351 e. The van der Waals surface area contributed by atoms with Crippen molar-refractivity contribution in [2.24, 2.45) is 0 Å². The van der Waals surface area contributed by atoms with Crippen LogP contribution in [-0.2, 0) is 4.79 Å². The van der Waals surface area contributed by atoms with Gasteiger partial charge in [0.05, 0.1) is 6.54 Å². The highest BCUT2D eigenvalue weighted by molar-refractivity contribution is 5.78. The van der Waals surface area contributed by atoms with Crippen LogP contribution in [-0.4, -0.2) is 49.1 Å². The van der Waals surface area contributed by atoms with Gasteiger partial charge in [0, 0.05) is 18.1 Å². The summed E-state index contributed by atoms with van der Waals surface area (Å²) >= 11 is 0. The second-order valence-electron chi connectivity index (χ2n) is 5.42. The normalized spacial score (nSPS) is 23.1. The van der Waals surface area contributed by atoms with E-state index in [0.717, 1.165) is 19.5 Å². The number of nitrogens with one attached hydrogen (secondary N) is 2. The maximum Gasteiger partial charge on any atom is 0.234 e. The Kier molecular flexibility index (Phi) is 4.11. The van der Waals surface area contributed by atoms with Crippen molar-refractivity contribution in [2.45, 2.75) is 38.8 Å². The molecule has 1 atom stereocenters. The van der Waals surface area contributed by atoms with E-state index in [0.29, 0.717) is 12.6 Å². The van der Waals surface area contributed by atoms with Crippen LogP contribution in [0.4, 0.5) is 0 Å². The Hall–Kier alpha value is -0.610. The second kappa shape index (κ2) is 4.94. The molecule has 0 aromatic carbocycles. The monoisotopic (exact) mass is 213 g/mol. The lowest BCUT2D eigenvalue weighted by molar-refractivity contribution is -0.121. The number of carbonyl (C=O) groups excluding carboxylic acids is 1. The zero-order chi connectivity index (χ0) is 11.5. The van der Waals surface area contributed by atoms with Gasteiger partial charge in [0.2, 0.25) is 5.91 Å². The van der Waals surface area contributed by atoms with Gasteiger partial charge in [0.15, 0.2) is 0 Å². The summed E-state index contributed by atoms with van der Waals surface area (Å²) in [5.41, 5.74) is 0.00378. The number of nitrogens with zero attached hydrogens (tertiary/aromatic N) is 1. The van der Waals surface area contributed by atoms with Gasteiger partial charge in [-0.05, 0) is 40.8 Å². The lowest BCUT2D eigenvalue weighted by Gasteiger charge is -2.21. The third kappa shape index (κ3) is 5.14. The van der Waals surface area contributed by atoms with Gasteiger partial charge in [0.1, 0.15) is 0 Å². The van der Waals surface area contributed by atoms with E-state index in [1.54, 1.807) is 0 Å². The van der Waals surface area contributed by atoms with Crippen LogP contribution in [0.25, 0.3) is 0 Å². The molecule has 0 saturated carbocycles. The van der Waals surface area contributed by atoms with Crippen LogP contribution in [0.15, 0.2) is 0 Å². The minimum absolute atomic E-state index is 0.00378. The molecule has 1 saturated heterocycles. The lowest BCUT2D eigenvalue weighted by atomic mass is 10.1. The molecule has 1 heterocycles. The first-order chi connectivity index (χ1) is 6.87. The van der Waals surface area contributed by atoms with E-state index in [2.05, 4.69) is 43.4 Å². The maximum absolute atomic E-state index is 11.6. The molecule has 0 aromatic heterocycles. The molecule has 1 fully saturated rings. The summed E-state index contributed by atoms with van der Waals surface area (Å²) in [5.74, 6) is 0.102. The number of likely N-dealkylation sites (tertiary alicyclic amines) is 1. The molecule has 1 unspecified atom stereocenters. The molecule has 0 spiro atoms. The zero-order valence-electron chi connectivity index (χ0n) is 10.3. The predicted molar refractivity (Wildman–Crippen MR) is 61.8 cm³/mol. The zero-order valence-corrected chi connectivity index (χ0v) is 10.3. The number of likely N-dealkylation sites (N-methyl/N-ethyl adjacent to an activating group) is 1. The van der Waals surface area contributed by atoms with Crippen LogP contribution in [0.1, 0.15) is 27.2 Å². The van der Waals surface area contributed by atoms with Gasteiger partial charge in [0.25, 0.3) is 0 Å². The van der Waals surface area contributed by atoms with Crippen molar-refractivity contribution < 1.29 is 4.79 Å². The topological polar surface area (TPSA) is 44.4 Å². The van der Waals surface area contributed by atoms with E-state index >= 15 is 0 Å². The molecule has 1 rings (SSSR count). The van der Waals surface area contributed by atoms with Crippen molar-refractivity contribution in [1.29, 1.82) is 0 Å². The first kappa shape index (κ1) is 12.5. The molecule has 15 heavy (non-hydrogen) atoms. The fourth-order valence-corrected chi connectivity index (χ4v) is 1.68. The van der Waals surface area contributed by atoms with Crippen LogP contribution in [0.2, 0.25) is 0 Å². The van der Waals surface area contributed by atoms with Crippen LogP contribution < -0.4 is 10.6 Å². The summed E-state index contributed by atoms with van der Waals surface area (Å²) in [6.45, 7) is 8.64. The van der Waals surface area contributed by atoms with Crippen molar-refractivity contribution in [3.05, 3.63) is 0 Å². The van der Waals surface area contributed by atoms with E-state index in [-0.39, 0.29) is 11.4 Å². The Morgan fingerprint density at radius 2 is 2.13 bits per heavy atom. The molecule has 0 bridgehead atoms. The Labute approximate surface area is 92.4 Å². The summed E-state index contributed by atoms with van der Waals surface area (Å²) in [7, 11) is 2.08. The van der Waals surface area contributed by atoms with Crippen molar-refractivity contribution >= 4 is 5.91 Å². The summed E-state index contributed by atoms with van der Waals surface area (Å²) in [5, 5.41) is 6.22. The van der Waals surface area contributed by atoms with E-state index in [4.69, 9.17) is 0 Å². The number of carbonyl (C=O) groups is 1. The van der Waals surface area contributed by atoms with Crippen molar-refractivity contribution in [3.8, 4) is 0 Å². The first-order valence-corrected chi connectivity index (χ1v) is 5.60. The van der Waals surface area contributed by atoms with Gasteiger partial charge in [-0.15, -0.1) is 0 Å². The third-order valence-corrected chi connectivity index (χ3v) is 2.54. The SMILES string of the molecule is CN1CCC(NC(=O)CNC(C)(C)C)C1. The number of hydrogen-bond acceptors (Lipinski definition) is 3. The van der Waals surface area contributed by atoms with Gasteiger partial charge in [-0.3, -0.25) is 4.79 Å². The summed E-state index contributed by atoms with van der Waals surface area (Å²) < 4.78 is 0. The van der Waals surface area contributed by atoms with E-state index in [1.165, 1.54) is 0 Å². The van der Waals surface area contributed by atoms with Gasteiger partial charge >= 0.3 is 0 Å². The van der Waals surface area contributed by atoms with Gasteiger partial charge in [-0.2, -0.15) is 0 Å². The number of rotatable bonds is 3. The molecule has 1 aliphatic heterocycles. The van der Waals surface area contributed by atoms with E-state index in [9.17, 15) is 4.79 Å². The molecule has 4 nitrogen and oxygen atoms in total. The Morgan fingerprint density at radius 1 is 1.47 bits per heavy atom. The van der Waals surface area contributed by atoms with Gasteiger partial charge < -0.3 is 15.5 Å². The molecule has 2 N–H and O–H groups in total. The molecule has 0 aromatic rings. The van der Waals surface area contributed by atoms with Crippen molar-refractivity contribution in [3.63, 3.8) is 0 Å². The lowest BCUT2D eigenvalue weighted by Crippen LogP contribution is -2.46. The predicted octanol–water partition coefficient (Wildman–Crippen LogP) is 0.195. The molecule has 0 radical (unpaired) electrons. The highest BCUT2D eigenvalue weighted by atomic mass is 16.2. The highest BCUT2D eigenvalue weighted by Crippen LogP contribution is 2.05. The van der Waals surface area contributed by atoms with Crippen LogP contribution >= 0.6 is 0 Å². The summed E-state index contributed by atoms with van der Waals surface area (Å²) in [6, 6.07) is 0.337. The van der Waals surface area contributed by atoms with Crippen molar-refractivity contribution in [2.75, 3.05) is 26.7 Å². The standard InChI is InChI=1S/C11H23N3O/c1-11(2,3)12-7-10(15)13-9-5-6-14(4)8-9/h9,12H,5-8H2,1-4H3,(H,13,15). The second-order valence-corrected chi connectivity index (χ2v) is 5.42. The Bertz CT molecular complexity index is 222. The smallest absolute Gasteiger partial charge is 0.234 e. The number of hydrogen-bond donors (Lipinski definition) is 2. The fraction of sp³-hybridized carbons (Fsp3) is 0.909. The van der Waals surface area contributed by atoms with Crippen LogP contribution in [0.3, 0.4) is 0 Å². The summed E-state index contributed by atoms with van der Waals surface area (Å²) in [4.78, 5) is 13.8. The van der Waals surface area contributed by atoms with E-state index in [1.807, 2.05) is 0 Å². The Morgan fingerprint density at radius 3 is 2.60 bits per heavy atom. The van der Waals surface area contributed by atoms with Crippen LogP contribution in [0.5, 0.6) is 0 Å². The van der Waals surface area contributed by atoms with Gasteiger partial charge in [-0.25, -0.2) is 0 Å². The quantitative estimate of drug-likeness (QED) is 0.703. The first-order valence-electron chi connectivity index (χ1n) is 5.60. The van der Waals surface area contributed by atoms with E-state index < -0.39 is 0 Å². The largest absolute Gasteiger partial charge is 0.351 e. The number of amides is 1. The molecule has 4 heteroatoms. The van der Waals surface area contributed by atoms with Crippen molar-refractivity contribution in [1.82, 2.24) is 15.5 Å². The average molecular weight is 213 g/mol.